The molecular formula is C20H31NO7S. The molecule has 8 nitrogen and oxygen atoms in total. The molecule has 1 aliphatic heterocycles. The average molecular weight is 430 g/mol. The Bertz CT molecular complexity index is 754. The average Bonchev–Trinajstić information content (AvgIpc) is 3.08. The molecule has 1 aromatic carbocycles. The fraction of sp³-hybridized carbons (Fsp3) is 0.600. The number of ether oxygens (including phenoxy) is 2. The molecule has 1 aromatic rings. The first-order valence-corrected chi connectivity index (χ1v) is 10.8. The van der Waals surface area contributed by atoms with E-state index in [1.807, 2.05) is 27.7 Å². The van der Waals surface area contributed by atoms with Crippen LogP contribution in [-0.4, -0.2) is 52.8 Å². The van der Waals surface area contributed by atoms with Gasteiger partial charge in [-0.3, -0.25) is 13.8 Å². The second-order valence-corrected chi connectivity index (χ2v) is 9.47. The first-order valence-electron chi connectivity index (χ1n) is 9.43. The van der Waals surface area contributed by atoms with E-state index in [1.54, 1.807) is 19.1 Å². The van der Waals surface area contributed by atoms with E-state index >= 15 is 0 Å². The van der Waals surface area contributed by atoms with Crippen molar-refractivity contribution in [2.24, 2.45) is 5.41 Å². The SMILES string of the molecule is CC(C)(C)COC=O.CCOC(=O)C1CC(OS(=O)(=O)c2ccc(C)cc2)CN1. The van der Waals surface area contributed by atoms with Crippen molar-refractivity contribution in [3.8, 4) is 0 Å². The standard InChI is InChI=1S/C14H19NO5S.C6H12O2/c1-3-19-14(16)13-8-11(9-15-13)20-21(17,18)12-6-4-10(2)5-7-12;1-6(2,3)4-8-5-7/h4-7,11,13,15H,3,8-9H2,1-2H3;5H,4H2,1-3H3. The molecule has 1 saturated heterocycles. The van der Waals surface area contributed by atoms with Crippen LogP contribution in [0.2, 0.25) is 0 Å². The highest BCUT2D eigenvalue weighted by Crippen LogP contribution is 2.20. The van der Waals surface area contributed by atoms with Gasteiger partial charge < -0.3 is 14.8 Å². The molecule has 2 unspecified atom stereocenters. The zero-order chi connectivity index (χ0) is 22.1. The van der Waals surface area contributed by atoms with Crippen LogP contribution in [0.3, 0.4) is 0 Å². The van der Waals surface area contributed by atoms with Crippen molar-refractivity contribution in [1.29, 1.82) is 0 Å². The molecular weight excluding hydrogens is 398 g/mol. The predicted octanol–water partition coefficient (Wildman–Crippen LogP) is 2.20. The minimum absolute atomic E-state index is 0.0981. The van der Waals surface area contributed by atoms with Gasteiger partial charge >= 0.3 is 5.97 Å². The van der Waals surface area contributed by atoms with Crippen LogP contribution >= 0.6 is 0 Å². The van der Waals surface area contributed by atoms with Crippen molar-refractivity contribution >= 4 is 22.6 Å². The van der Waals surface area contributed by atoms with Crippen molar-refractivity contribution in [2.75, 3.05) is 19.8 Å². The maximum Gasteiger partial charge on any atom is 0.323 e. The van der Waals surface area contributed by atoms with E-state index in [4.69, 9.17) is 8.92 Å². The molecule has 1 fully saturated rings. The summed E-state index contributed by atoms with van der Waals surface area (Å²) in [6.45, 7) is 11.2. The molecule has 0 spiro atoms. The highest BCUT2D eigenvalue weighted by Gasteiger charge is 2.34. The van der Waals surface area contributed by atoms with E-state index in [-0.39, 0.29) is 22.7 Å². The van der Waals surface area contributed by atoms with E-state index in [1.165, 1.54) is 12.1 Å². The van der Waals surface area contributed by atoms with Crippen molar-refractivity contribution in [1.82, 2.24) is 5.32 Å². The van der Waals surface area contributed by atoms with Crippen molar-refractivity contribution < 1.29 is 31.7 Å². The zero-order valence-corrected chi connectivity index (χ0v) is 18.5. The van der Waals surface area contributed by atoms with Gasteiger partial charge in [0.1, 0.15) is 6.04 Å². The molecule has 1 heterocycles. The van der Waals surface area contributed by atoms with Gasteiger partial charge in [0.05, 0.1) is 24.2 Å². The molecule has 1 N–H and O–H groups in total. The molecule has 9 heteroatoms. The van der Waals surface area contributed by atoms with Gasteiger partial charge in [-0.25, -0.2) is 0 Å². The summed E-state index contributed by atoms with van der Waals surface area (Å²) in [4.78, 5) is 21.3. The van der Waals surface area contributed by atoms with Gasteiger partial charge in [-0.05, 0) is 31.4 Å². The molecule has 0 saturated carbocycles. The lowest BCUT2D eigenvalue weighted by atomic mass is 9.99. The van der Waals surface area contributed by atoms with Gasteiger partial charge in [0.25, 0.3) is 16.6 Å². The smallest absolute Gasteiger partial charge is 0.323 e. The van der Waals surface area contributed by atoms with Gasteiger partial charge in [-0.2, -0.15) is 8.42 Å². The fourth-order valence-electron chi connectivity index (χ4n) is 2.42. The van der Waals surface area contributed by atoms with Crippen LogP contribution in [0.25, 0.3) is 0 Å². The van der Waals surface area contributed by atoms with Gasteiger partial charge in [0, 0.05) is 13.0 Å². The number of nitrogens with one attached hydrogen (secondary N) is 1. The summed E-state index contributed by atoms with van der Waals surface area (Å²) in [6, 6.07) is 5.93. The van der Waals surface area contributed by atoms with E-state index in [9.17, 15) is 18.0 Å². The number of aryl methyl sites for hydroxylation is 1. The van der Waals surface area contributed by atoms with Crippen LogP contribution in [0.15, 0.2) is 29.2 Å². The quantitative estimate of drug-likeness (QED) is 0.399. The number of carbonyl (C=O) groups excluding carboxylic acids is 2. The Kier molecular flexibility index (Phi) is 9.75. The topological polar surface area (TPSA) is 108 Å². The number of hydrogen-bond donors (Lipinski definition) is 1. The van der Waals surface area contributed by atoms with Crippen LogP contribution in [-0.2, 0) is 33.4 Å². The van der Waals surface area contributed by atoms with E-state index < -0.39 is 22.3 Å². The van der Waals surface area contributed by atoms with Gasteiger partial charge in [0.2, 0.25) is 0 Å². The maximum atomic E-state index is 12.1. The van der Waals surface area contributed by atoms with Crippen LogP contribution in [0.4, 0.5) is 0 Å². The molecule has 0 aromatic heterocycles. The first-order chi connectivity index (χ1) is 13.5. The molecule has 164 valence electrons. The summed E-state index contributed by atoms with van der Waals surface area (Å²) < 4.78 is 38.9. The number of benzene rings is 1. The molecule has 0 aliphatic carbocycles. The Balaban J connectivity index is 0.000000447. The third kappa shape index (κ3) is 9.38. The maximum absolute atomic E-state index is 12.1. The van der Waals surface area contributed by atoms with Crippen LogP contribution in [0, 0.1) is 12.3 Å². The summed E-state index contributed by atoms with van der Waals surface area (Å²) in [5, 5.41) is 2.91. The lowest BCUT2D eigenvalue weighted by Crippen LogP contribution is -2.32. The minimum Gasteiger partial charge on any atom is -0.467 e. The van der Waals surface area contributed by atoms with Gasteiger partial charge in [-0.15, -0.1) is 0 Å². The third-order valence-electron chi connectivity index (χ3n) is 3.82. The molecule has 2 atom stereocenters. The van der Waals surface area contributed by atoms with E-state index in [0.29, 0.717) is 26.2 Å². The van der Waals surface area contributed by atoms with E-state index in [0.717, 1.165) is 5.56 Å². The van der Waals surface area contributed by atoms with Crippen LogP contribution in [0.1, 0.15) is 39.7 Å². The van der Waals surface area contributed by atoms with Gasteiger partial charge in [-0.1, -0.05) is 38.5 Å². The summed E-state index contributed by atoms with van der Waals surface area (Å²) in [7, 11) is -3.81. The number of carbonyl (C=O) groups is 2. The summed E-state index contributed by atoms with van der Waals surface area (Å²) in [6.07, 6.45) is -0.282. The first kappa shape index (κ1) is 25.1. The predicted molar refractivity (Wildman–Crippen MR) is 108 cm³/mol. The normalized spacial score (nSPS) is 19.1. The monoisotopic (exact) mass is 429 g/mol. The number of esters is 1. The third-order valence-corrected chi connectivity index (χ3v) is 5.19. The van der Waals surface area contributed by atoms with Gasteiger partial charge in [0.15, 0.2) is 0 Å². The highest BCUT2D eigenvalue weighted by atomic mass is 32.2. The molecule has 29 heavy (non-hydrogen) atoms. The number of rotatable bonds is 7. The Morgan fingerprint density at radius 2 is 1.86 bits per heavy atom. The van der Waals surface area contributed by atoms with Crippen molar-refractivity contribution in [3.63, 3.8) is 0 Å². The van der Waals surface area contributed by atoms with Crippen molar-refractivity contribution in [2.45, 2.75) is 58.1 Å². The Hall–Kier alpha value is -1.97. The largest absolute Gasteiger partial charge is 0.467 e. The Labute approximate surface area is 173 Å². The summed E-state index contributed by atoms with van der Waals surface area (Å²) in [5.41, 5.74) is 1.07. The molecule has 2 rings (SSSR count). The van der Waals surface area contributed by atoms with Crippen molar-refractivity contribution in [3.05, 3.63) is 29.8 Å². The lowest BCUT2D eigenvalue weighted by Gasteiger charge is -2.14. The summed E-state index contributed by atoms with van der Waals surface area (Å²) in [5.74, 6) is -0.378. The highest BCUT2D eigenvalue weighted by molar-refractivity contribution is 7.86. The Morgan fingerprint density at radius 3 is 2.34 bits per heavy atom. The summed E-state index contributed by atoms with van der Waals surface area (Å²) >= 11 is 0. The number of hydrogen-bond acceptors (Lipinski definition) is 8. The second-order valence-electron chi connectivity index (χ2n) is 7.90. The fourth-order valence-corrected chi connectivity index (χ4v) is 3.51. The van der Waals surface area contributed by atoms with E-state index in [2.05, 4.69) is 10.1 Å². The van der Waals surface area contributed by atoms with Crippen LogP contribution in [0.5, 0.6) is 0 Å². The minimum atomic E-state index is -3.81. The Morgan fingerprint density at radius 1 is 1.24 bits per heavy atom. The lowest BCUT2D eigenvalue weighted by molar-refractivity contribution is -0.145. The molecule has 0 bridgehead atoms. The zero-order valence-electron chi connectivity index (χ0n) is 17.6. The second kappa shape index (κ2) is 11.3. The molecule has 0 radical (unpaired) electrons. The molecule has 1 aliphatic rings. The van der Waals surface area contributed by atoms with Crippen LogP contribution < -0.4 is 5.32 Å². The molecule has 0 amide bonds.